The molecule has 0 aromatic rings. The van der Waals surface area contributed by atoms with E-state index in [4.69, 9.17) is 12.2 Å². The molecule has 0 aromatic carbocycles. The van der Waals surface area contributed by atoms with Crippen LogP contribution in [0.25, 0.3) is 0 Å². The maximum atomic E-state index is 11.0. The fourth-order valence-electron chi connectivity index (χ4n) is 0.771. The molecule has 0 heterocycles. The molecule has 0 rings (SSSR count). The van der Waals surface area contributed by atoms with Crippen LogP contribution >= 0.6 is 0 Å². The SMILES string of the molecule is C#CCC(=O)C(CC)CN. The van der Waals surface area contributed by atoms with Crippen LogP contribution in [0.4, 0.5) is 0 Å². The van der Waals surface area contributed by atoms with Crippen LogP contribution in [0.2, 0.25) is 0 Å². The third-order valence-electron chi connectivity index (χ3n) is 1.51. The first kappa shape index (κ1) is 9.19. The van der Waals surface area contributed by atoms with E-state index in [1.54, 1.807) is 0 Å². The number of rotatable bonds is 4. The molecule has 0 aliphatic heterocycles. The molecule has 0 fully saturated rings. The van der Waals surface area contributed by atoms with Gasteiger partial charge in [-0.2, -0.15) is 0 Å². The summed E-state index contributed by atoms with van der Waals surface area (Å²) in [7, 11) is 0. The Morgan fingerprint density at radius 2 is 2.40 bits per heavy atom. The molecule has 1 unspecified atom stereocenters. The van der Waals surface area contributed by atoms with Crippen LogP contribution in [0.3, 0.4) is 0 Å². The van der Waals surface area contributed by atoms with Gasteiger partial charge in [0.15, 0.2) is 0 Å². The van der Waals surface area contributed by atoms with Gasteiger partial charge in [0.1, 0.15) is 5.78 Å². The molecule has 2 nitrogen and oxygen atoms in total. The second kappa shape index (κ2) is 5.01. The Hall–Kier alpha value is -0.810. The van der Waals surface area contributed by atoms with Crippen molar-refractivity contribution in [3.05, 3.63) is 0 Å². The van der Waals surface area contributed by atoms with E-state index in [0.717, 1.165) is 6.42 Å². The minimum Gasteiger partial charge on any atom is -0.330 e. The van der Waals surface area contributed by atoms with Crippen molar-refractivity contribution >= 4 is 5.78 Å². The number of Topliss-reactive ketones (excluding diaryl/α,β-unsaturated/α-hetero) is 1. The molecular weight excluding hydrogens is 126 g/mol. The van der Waals surface area contributed by atoms with E-state index >= 15 is 0 Å². The molecule has 0 saturated heterocycles. The molecule has 0 bridgehead atoms. The zero-order valence-electron chi connectivity index (χ0n) is 6.26. The predicted octanol–water partition coefficient (Wildman–Crippen LogP) is 0.564. The summed E-state index contributed by atoms with van der Waals surface area (Å²) in [6, 6.07) is 0. The lowest BCUT2D eigenvalue weighted by atomic mass is 9.99. The topological polar surface area (TPSA) is 43.1 Å². The number of hydrogen-bond acceptors (Lipinski definition) is 2. The highest BCUT2D eigenvalue weighted by atomic mass is 16.1. The second-order valence-corrected chi connectivity index (χ2v) is 2.19. The molecule has 0 aliphatic carbocycles. The van der Waals surface area contributed by atoms with Gasteiger partial charge in [-0.3, -0.25) is 4.79 Å². The summed E-state index contributed by atoms with van der Waals surface area (Å²) in [5.41, 5.74) is 5.33. The molecule has 0 amide bonds. The maximum absolute atomic E-state index is 11.0. The lowest BCUT2D eigenvalue weighted by Crippen LogP contribution is -2.22. The van der Waals surface area contributed by atoms with Crippen molar-refractivity contribution in [3.8, 4) is 12.3 Å². The van der Waals surface area contributed by atoms with Crippen LogP contribution < -0.4 is 5.73 Å². The summed E-state index contributed by atoms with van der Waals surface area (Å²) in [6.45, 7) is 2.35. The molecule has 0 saturated carbocycles. The third kappa shape index (κ3) is 2.65. The van der Waals surface area contributed by atoms with Gasteiger partial charge in [0, 0.05) is 12.5 Å². The van der Waals surface area contributed by atoms with E-state index in [9.17, 15) is 4.79 Å². The minimum atomic E-state index is -0.0314. The van der Waals surface area contributed by atoms with Crippen molar-refractivity contribution in [2.45, 2.75) is 19.8 Å². The Kier molecular flexibility index (Phi) is 4.61. The zero-order valence-corrected chi connectivity index (χ0v) is 6.26. The van der Waals surface area contributed by atoms with Gasteiger partial charge >= 0.3 is 0 Å². The molecular formula is C8H13NO. The lowest BCUT2D eigenvalue weighted by molar-refractivity contribution is -0.121. The van der Waals surface area contributed by atoms with Gasteiger partial charge < -0.3 is 5.73 Å². The van der Waals surface area contributed by atoms with Crippen LogP contribution in [0, 0.1) is 18.3 Å². The van der Waals surface area contributed by atoms with E-state index in [0.29, 0.717) is 6.54 Å². The van der Waals surface area contributed by atoms with Crippen LogP contribution in [0.15, 0.2) is 0 Å². The second-order valence-electron chi connectivity index (χ2n) is 2.19. The Morgan fingerprint density at radius 3 is 2.70 bits per heavy atom. The highest BCUT2D eigenvalue weighted by molar-refractivity contribution is 5.83. The minimum absolute atomic E-state index is 0.0314. The number of carbonyl (C=O) groups is 1. The van der Waals surface area contributed by atoms with Crippen molar-refractivity contribution in [2.24, 2.45) is 11.7 Å². The van der Waals surface area contributed by atoms with Crippen LogP contribution in [-0.4, -0.2) is 12.3 Å². The fraction of sp³-hybridized carbons (Fsp3) is 0.625. The van der Waals surface area contributed by atoms with Crippen LogP contribution in [0.1, 0.15) is 19.8 Å². The molecule has 10 heavy (non-hydrogen) atoms. The molecule has 0 aliphatic rings. The van der Waals surface area contributed by atoms with E-state index in [1.807, 2.05) is 6.92 Å². The van der Waals surface area contributed by atoms with Crippen molar-refractivity contribution < 1.29 is 4.79 Å². The van der Waals surface area contributed by atoms with Crippen molar-refractivity contribution in [1.82, 2.24) is 0 Å². The van der Waals surface area contributed by atoms with Gasteiger partial charge in [-0.05, 0) is 6.42 Å². The highest BCUT2D eigenvalue weighted by Gasteiger charge is 2.11. The van der Waals surface area contributed by atoms with Gasteiger partial charge in [-0.25, -0.2) is 0 Å². The smallest absolute Gasteiger partial charge is 0.149 e. The molecule has 0 spiro atoms. The molecule has 0 radical (unpaired) electrons. The largest absolute Gasteiger partial charge is 0.330 e. The molecule has 56 valence electrons. The predicted molar refractivity (Wildman–Crippen MR) is 41.3 cm³/mol. The fourth-order valence-corrected chi connectivity index (χ4v) is 0.771. The zero-order chi connectivity index (χ0) is 7.98. The first-order valence-electron chi connectivity index (χ1n) is 3.42. The normalized spacial score (nSPS) is 12.1. The average Bonchev–Trinajstić information content (AvgIpc) is 1.91. The van der Waals surface area contributed by atoms with Gasteiger partial charge in [-0.15, -0.1) is 6.42 Å². The molecule has 2 heteroatoms. The number of ketones is 1. The third-order valence-corrected chi connectivity index (χ3v) is 1.51. The van der Waals surface area contributed by atoms with E-state index in [2.05, 4.69) is 5.92 Å². The van der Waals surface area contributed by atoms with E-state index in [1.165, 1.54) is 0 Å². The molecule has 2 N–H and O–H groups in total. The number of nitrogens with two attached hydrogens (primary N) is 1. The van der Waals surface area contributed by atoms with Gasteiger partial charge in [0.25, 0.3) is 0 Å². The van der Waals surface area contributed by atoms with Crippen molar-refractivity contribution in [1.29, 1.82) is 0 Å². The highest BCUT2D eigenvalue weighted by Crippen LogP contribution is 2.03. The number of carbonyl (C=O) groups excluding carboxylic acids is 1. The van der Waals surface area contributed by atoms with Crippen LogP contribution in [0.5, 0.6) is 0 Å². The van der Waals surface area contributed by atoms with E-state index in [-0.39, 0.29) is 18.1 Å². The first-order valence-corrected chi connectivity index (χ1v) is 3.42. The van der Waals surface area contributed by atoms with Crippen molar-refractivity contribution in [3.63, 3.8) is 0 Å². The van der Waals surface area contributed by atoms with Gasteiger partial charge in [0.2, 0.25) is 0 Å². The van der Waals surface area contributed by atoms with Gasteiger partial charge in [-0.1, -0.05) is 12.8 Å². The molecule has 1 atom stereocenters. The summed E-state index contributed by atoms with van der Waals surface area (Å²) < 4.78 is 0. The Bertz CT molecular complexity index is 142. The number of terminal acetylenes is 1. The monoisotopic (exact) mass is 139 g/mol. The lowest BCUT2D eigenvalue weighted by Gasteiger charge is -2.07. The first-order chi connectivity index (χ1) is 4.76. The summed E-state index contributed by atoms with van der Waals surface area (Å²) >= 11 is 0. The molecule has 0 aromatic heterocycles. The Labute approximate surface area is 61.8 Å². The Morgan fingerprint density at radius 1 is 1.80 bits per heavy atom. The maximum Gasteiger partial charge on any atom is 0.149 e. The Balaban J connectivity index is 3.79. The van der Waals surface area contributed by atoms with Crippen LogP contribution in [-0.2, 0) is 4.79 Å². The van der Waals surface area contributed by atoms with E-state index < -0.39 is 0 Å². The summed E-state index contributed by atoms with van der Waals surface area (Å²) in [5, 5.41) is 0. The van der Waals surface area contributed by atoms with Gasteiger partial charge in [0.05, 0.1) is 6.42 Å². The summed E-state index contributed by atoms with van der Waals surface area (Å²) in [5.74, 6) is 2.37. The number of hydrogen-bond donors (Lipinski definition) is 1. The van der Waals surface area contributed by atoms with Crippen molar-refractivity contribution in [2.75, 3.05) is 6.54 Å². The summed E-state index contributed by atoms with van der Waals surface area (Å²) in [6.07, 6.45) is 5.97. The average molecular weight is 139 g/mol. The quantitative estimate of drug-likeness (QED) is 0.578. The summed E-state index contributed by atoms with van der Waals surface area (Å²) in [4.78, 5) is 11.0. The standard InChI is InChI=1S/C8H13NO/c1-3-5-8(10)7(4-2)6-9/h1,7H,4-6,9H2,2H3.